The van der Waals surface area contributed by atoms with Crippen LogP contribution in [0.4, 0.5) is 5.69 Å². The SMILES string of the molecule is CC(C)(C)C1CCN(c2ccc(CBr)cc2Br)CC1. The zero-order chi connectivity index (χ0) is 14.0. The predicted octanol–water partition coefficient (Wildman–Crippen LogP) is 5.61. The fourth-order valence-corrected chi connectivity index (χ4v) is 3.90. The van der Waals surface area contributed by atoms with Gasteiger partial charge in [-0.05, 0) is 57.8 Å². The van der Waals surface area contributed by atoms with E-state index in [2.05, 4.69) is 75.7 Å². The minimum atomic E-state index is 0.448. The van der Waals surface area contributed by atoms with Crippen LogP contribution in [-0.4, -0.2) is 13.1 Å². The van der Waals surface area contributed by atoms with E-state index in [0.717, 1.165) is 11.2 Å². The average Bonchev–Trinajstić information content (AvgIpc) is 2.37. The number of alkyl halides is 1. The standard InChI is InChI=1S/C16H23Br2N/c1-16(2,3)13-6-8-19(9-7-13)15-5-4-12(11-17)10-14(15)18/h4-5,10,13H,6-9,11H2,1-3H3. The lowest BCUT2D eigenvalue weighted by Gasteiger charge is -2.40. The number of nitrogens with zero attached hydrogens (tertiary/aromatic N) is 1. The molecule has 1 nitrogen and oxygen atoms in total. The molecule has 1 aliphatic rings. The molecular weight excluding hydrogens is 366 g/mol. The topological polar surface area (TPSA) is 3.24 Å². The Kier molecular flexibility index (Phi) is 4.99. The van der Waals surface area contributed by atoms with Crippen molar-refractivity contribution >= 4 is 37.5 Å². The van der Waals surface area contributed by atoms with Crippen molar-refractivity contribution in [2.45, 2.75) is 38.9 Å². The second kappa shape index (κ2) is 6.17. The molecule has 0 aliphatic carbocycles. The Morgan fingerprint density at radius 1 is 1.21 bits per heavy atom. The summed E-state index contributed by atoms with van der Waals surface area (Å²) in [6.45, 7) is 9.46. The smallest absolute Gasteiger partial charge is 0.0510 e. The maximum absolute atomic E-state index is 3.72. The highest BCUT2D eigenvalue weighted by Gasteiger charge is 2.29. The van der Waals surface area contributed by atoms with Gasteiger partial charge in [0.1, 0.15) is 0 Å². The molecule has 3 heteroatoms. The predicted molar refractivity (Wildman–Crippen MR) is 91.2 cm³/mol. The normalized spacial score (nSPS) is 17.8. The molecule has 0 saturated carbocycles. The summed E-state index contributed by atoms with van der Waals surface area (Å²) in [4.78, 5) is 2.52. The molecule has 106 valence electrons. The summed E-state index contributed by atoms with van der Waals surface area (Å²) in [7, 11) is 0. The van der Waals surface area contributed by atoms with Crippen molar-refractivity contribution in [1.29, 1.82) is 0 Å². The van der Waals surface area contributed by atoms with Gasteiger partial charge >= 0.3 is 0 Å². The van der Waals surface area contributed by atoms with Gasteiger partial charge in [-0.15, -0.1) is 0 Å². The molecule has 1 heterocycles. The summed E-state index contributed by atoms with van der Waals surface area (Å²) in [6, 6.07) is 6.68. The molecule has 2 rings (SSSR count). The molecule has 0 amide bonds. The lowest BCUT2D eigenvalue weighted by molar-refractivity contribution is 0.199. The van der Waals surface area contributed by atoms with Crippen molar-refractivity contribution in [3.05, 3.63) is 28.2 Å². The van der Waals surface area contributed by atoms with Crippen LogP contribution in [0.25, 0.3) is 0 Å². The Bertz CT molecular complexity index is 429. The van der Waals surface area contributed by atoms with Gasteiger partial charge in [0.15, 0.2) is 0 Å². The van der Waals surface area contributed by atoms with Crippen LogP contribution < -0.4 is 4.90 Å². The first-order valence-electron chi connectivity index (χ1n) is 7.01. The molecule has 1 saturated heterocycles. The molecule has 0 unspecified atom stereocenters. The Balaban J connectivity index is 2.06. The summed E-state index contributed by atoms with van der Waals surface area (Å²) in [6.07, 6.45) is 2.60. The minimum absolute atomic E-state index is 0.448. The van der Waals surface area contributed by atoms with Gasteiger partial charge in [0.25, 0.3) is 0 Å². The van der Waals surface area contributed by atoms with Crippen molar-refractivity contribution in [3.8, 4) is 0 Å². The molecule has 0 aromatic heterocycles. The molecule has 1 fully saturated rings. The fourth-order valence-electron chi connectivity index (χ4n) is 2.88. The Morgan fingerprint density at radius 3 is 2.32 bits per heavy atom. The number of rotatable bonds is 2. The second-order valence-corrected chi connectivity index (χ2v) is 7.96. The zero-order valence-electron chi connectivity index (χ0n) is 12.0. The molecule has 0 spiro atoms. The van der Waals surface area contributed by atoms with Crippen LogP contribution in [0.5, 0.6) is 0 Å². The van der Waals surface area contributed by atoms with E-state index in [0.29, 0.717) is 5.41 Å². The zero-order valence-corrected chi connectivity index (χ0v) is 15.2. The molecule has 0 N–H and O–H groups in total. The highest BCUT2D eigenvalue weighted by molar-refractivity contribution is 9.10. The van der Waals surface area contributed by atoms with E-state index in [9.17, 15) is 0 Å². The van der Waals surface area contributed by atoms with E-state index in [-0.39, 0.29) is 0 Å². The van der Waals surface area contributed by atoms with Gasteiger partial charge < -0.3 is 4.90 Å². The van der Waals surface area contributed by atoms with Crippen molar-refractivity contribution in [2.24, 2.45) is 11.3 Å². The van der Waals surface area contributed by atoms with Gasteiger partial charge in [-0.25, -0.2) is 0 Å². The molecule has 0 bridgehead atoms. The third-order valence-corrected chi connectivity index (χ3v) is 5.51. The quantitative estimate of drug-likeness (QED) is 0.595. The van der Waals surface area contributed by atoms with Crippen LogP contribution in [0.2, 0.25) is 0 Å². The molecule has 1 aromatic carbocycles. The van der Waals surface area contributed by atoms with E-state index in [1.807, 2.05) is 0 Å². The third-order valence-electron chi connectivity index (χ3n) is 4.23. The summed E-state index contributed by atoms with van der Waals surface area (Å²) in [5.41, 5.74) is 3.11. The van der Waals surface area contributed by atoms with Gasteiger partial charge in [0.05, 0.1) is 5.69 Å². The van der Waals surface area contributed by atoms with Crippen LogP contribution in [0, 0.1) is 11.3 Å². The number of piperidine rings is 1. The van der Waals surface area contributed by atoms with E-state index >= 15 is 0 Å². The minimum Gasteiger partial charge on any atom is -0.371 e. The number of halogens is 2. The molecular formula is C16H23Br2N. The van der Waals surface area contributed by atoms with Crippen LogP contribution >= 0.6 is 31.9 Å². The number of benzene rings is 1. The largest absolute Gasteiger partial charge is 0.371 e. The van der Waals surface area contributed by atoms with Crippen LogP contribution in [0.15, 0.2) is 22.7 Å². The lowest BCUT2D eigenvalue weighted by atomic mass is 9.75. The summed E-state index contributed by atoms with van der Waals surface area (Å²) < 4.78 is 1.22. The average molecular weight is 389 g/mol. The highest BCUT2D eigenvalue weighted by atomic mass is 79.9. The number of hydrogen-bond acceptors (Lipinski definition) is 1. The number of hydrogen-bond donors (Lipinski definition) is 0. The van der Waals surface area contributed by atoms with Crippen molar-refractivity contribution in [2.75, 3.05) is 18.0 Å². The van der Waals surface area contributed by atoms with Crippen LogP contribution in [-0.2, 0) is 5.33 Å². The van der Waals surface area contributed by atoms with Gasteiger partial charge in [-0.2, -0.15) is 0 Å². The van der Waals surface area contributed by atoms with Gasteiger partial charge in [0, 0.05) is 22.9 Å². The maximum atomic E-state index is 3.72. The first-order chi connectivity index (χ1) is 8.91. The van der Waals surface area contributed by atoms with E-state index in [4.69, 9.17) is 0 Å². The summed E-state index contributed by atoms with van der Waals surface area (Å²) in [5, 5.41) is 0.915. The van der Waals surface area contributed by atoms with E-state index < -0.39 is 0 Å². The van der Waals surface area contributed by atoms with E-state index in [1.165, 1.54) is 41.7 Å². The monoisotopic (exact) mass is 387 g/mol. The number of anilines is 1. The van der Waals surface area contributed by atoms with Gasteiger partial charge in [-0.1, -0.05) is 42.8 Å². The highest BCUT2D eigenvalue weighted by Crippen LogP contribution is 2.37. The first-order valence-corrected chi connectivity index (χ1v) is 8.92. The van der Waals surface area contributed by atoms with Crippen molar-refractivity contribution < 1.29 is 0 Å². The van der Waals surface area contributed by atoms with Gasteiger partial charge in [-0.3, -0.25) is 0 Å². The van der Waals surface area contributed by atoms with Crippen LogP contribution in [0.1, 0.15) is 39.2 Å². The fraction of sp³-hybridized carbons (Fsp3) is 0.625. The summed E-state index contributed by atoms with van der Waals surface area (Å²) >= 11 is 7.22. The molecule has 1 aromatic rings. The second-order valence-electron chi connectivity index (χ2n) is 6.55. The lowest BCUT2D eigenvalue weighted by Crippen LogP contribution is -2.38. The third kappa shape index (κ3) is 3.75. The van der Waals surface area contributed by atoms with Crippen molar-refractivity contribution in [1.82, 2.24) is 0 Å². The Morgan fingerprint density at radius 2 is 1.84 bits per heavy atom. The molecule has 0 atom stereocenters. The molecule has 0 radical (unpaired) electrons. The first kappa shape index (κ1) is 15.4. The maximum Gasteiger partial charge on any atom is 0.0510 e. The molecule has 19 heavy (non-hydrogen) atoms. The Labute approximate surface area is 134 Å². The van der Waals surface area contributed by atoms with Crippen LogP contribution in [0.3, 0.4) is 0 Å². The molecule has 1 aliphatic heterocycles. The van der Waals surface area contributed by atoms with Crippen molar-refractivity contribution in [3.63, 3.8) is 0 Å². The Hall–Kier alpha value is -0.0200. The summed E-state index contributed by atoms with van der Waals surface area (Å²) in [5.74, 6) is 0.851. The van der Waals surface area contributed by atoms with E-state index in [1.54, 1.807) is 0 Å². The van der Waals surface area contributed by atoms with Gasteiger partial charge in [0.2, 0.25) is 0 Å².